The summed E-state index contributed by atoms with van der Waals surface area (Å²) in [4.78, 5) is 0. The molecule has 0 radical (unpaired) electrons. The van der Waals surface area contributed by atoms with E-state index >= 15 is 0 Å². The Balaban J connectivity index is 0.000000640. The fourth-order valence-electron chi connectivity index (χ4n) is 1.14. The van der Waals surface area contributed by atoms with Crippen molar-refractivity contribution in [1.82, 2.24) is 5.32 Å². The first-order valence-corrected chi connectivity index (χ1v) is 3.25. The van der Waals surface area contributed by atoms with Crippen LogP contribution in [0.15, 0.2) is 0 Å². The van der Waals surface area contributed by atoms with Gasteiger partial charge in [0.05, 0.1) is 0 Å². The lowest BCUT2D eigenvalue weighted by molar-refractivity contribution is 0.262. The molecule has 1 saturated heterocycles. The second-order valence-corrected chi connectivity index (χ2v) is 2.37. The third-order valence-electron chi connectivity index (χ3n) is 1.70. The zero-order valence-electron chi connectivity index (χ0n) is 5.47. The summed E-state index contributed by atoms with van der Waals surface area (Å²) in [6, 6.07) is 0. The Hall–Kier alpha value is 0.210. The van der Waals surface area contributed by atoms with Crippen LogP contribution in [0, 0.1) is 5.92 Å². The van der Waals surface area contributed by atoms with E-state index in [1.165, 1.54) is 6.42 Å². The minimum Gasteiger partial charge on any atom is -0.396 e. The minimum atomic E-state index is 0. The quantitative estimate of drug-likeness (QED) is 0.599. The van der Waals surface area contributed by atoms with Gasteiger partial charge in [-0.15, -0.1) is 12.4 Å². The minimum absolute atomic E-state index is 0. The highest BCUT2D eigenvalue weighted by atomic mass is 35.5. The van der Waals surface area contributed by atoms with Crippen LogP contribution >= 0.6 is 12.4 Å². The second-order valence-electron chi connectivity index (χ2n) is 2.37. The summed E-state index contributed by atoms with van der Waals surface area (Å²) >= 11 is 0. The molecule has 0 saturated carbocycles. The van der Waals surface area contributed by atoms with Crippen molar-refractivity contribution in [2.75, 3.05) is 19.7 Å². The summed E-state index contributed by atoms with van der Waals surface area (Å²) in [6.45, 7) is 2.61. The van der Waals surface area contributed by atoms with Crippen molar-refractivity contribution in [1.29, 1.82) is 0 Å². The molecular formula is C6H14ClNO. The van der Waals surface area contributed by atoms with Gasteiger partial charge in [0, 0.05) is 6.61 Å². The van der Waals surface area contributed by atoms with Crippen LogP contribution in [0.2, 0.25) is 0 Å². The van der Waals surface area contributed by atoms with Gasteiger partial charge in [-0.1, -0.05) is 0 Å². The number of nitrogens with one attached hydrogen (secondary N) is 1. The Labute approximate surface area is 62.1 Å². The predicted octanol–water partition coefficient (Wildman–Crippen LogP) is 0.400. The lowest BCUT2D eigenvalue weighted by Crippen LogP contribution is -2.09. The molecule has 0 unspecified atom stereocenters. The molecule has 1 aliphatic rings. The van der Waals surface area contributed by atoms with Crippen LogP contribution in [0.1, 0.15) is 12.8 Å². The topological polar surface area (TPSA) is 32.3 Å². The molecule has 9 heavy (non-hydrogen) atoms. The van der Waals surface area contributed by atoms with E-state index in [9.17, 15) is 0 Å². The fraction of sp³-hybridized carbons (Fsp3) is 1.00. The maximum Gasteiger partial charge on any atom is 0.0434 e. The van der Waals surface area contributed by atoms with Crippen LogP contribution in [0.3, 0.4) is 0 Å². The van der Waals surface area contributed by atoms with Crippen molar-refractivity contribution in [3.63, 3.8) is 0 Å². The number of halogens is 1. The van der Waals surface area contributed by atoms with E-state index < -0.39 is 0 Å². The highest BCUT2D eigenvalue weighted by molar-refractivity contribution is 5.85. The lowest BCUT2D eigenvalue weighted by Gasteiger charge is -2.01. The monoisotopic (exact) mass is 151 g/mol. The van der Waals surface area contributed by atoms with E-state index in [-0.39, 0.29) is 12.4 Å². The van der Waals surface area contributed by atoms with Gasteiger partial charge in [-0.25, -0.2) is 0 Å². The maximum atomic E-state index is 8.50. The Morgan fingerprint density at radius 3 is 2.78 bits per heavy atom. The fourth-order valence-corrected chi connectivity index (χ4v) is 1.14. The van der Waals surface area contributed by atoms with Gasteiger partial charge in [-0.3, -0.25) is 0 Å². The Bertz CT molecular complexity index is 64.1. The SMILES string of the molecule is Cl.OCC[C@H]1CCNC1. The summed E-state index contributed by atoms with van der Waals surface area (Å²) in [5, 5.41) is 11.7. The van der Waals surface area contributed by atoms with Gasteiger partial charge in [-0.2, -0.15) is 0 Å². The summed E-state index contributed by atoms with van der Waals surface area (Å²) in [6.07, 6.45) is 2.23. The van der Waals surface area contributed by atoms with E-state index in [1.54, 1.807) is 0 Å². The van der Waals surface area contributed by atoms with Gasteiger partial charge in [0.25, 0.3) is 0 Å². The van der Waals surface area contributed by atoms with Crippen LogP contribution in [0.25, 0.3) is 0 Å². The summed E-state index contributed by atoms with van der Waals surface area (Å²) < 4.78 is 0. The molecule has 1 atom stereocenters. The summed E-state index contributed by atoms with van der Waals surface area (Å²) in [5.74, 6) is 0.750. The number of hydrogen-bond acceptors (Lipinski definition) is 2. The molecule has 1 heterocycles. The smallest absolute Gasteiger partial charge is 0.0434 e. The van der Waals surface area contributed by atoms with Crippen molar-refractivity contribution in [2.24, 2.45) is 5.92 Å². The molecule has 0 bridgehead atoms. The maximum absolute atomic E-state index is 8.50. The molecule has 1 fully saturated rings. The first-order valence-electron chi connectivity index (χ1n) is 3.25. The number of aliphatic hydroxyl groups excluding tert-OH is 1. The molecule has 0 aromatic rings. The third kappa shape index (κ3) is 3.04. The standard InChI is InChI=1S/C6H13NO.ClH/c8-4-2-6-1-3-7-5-6;/h6-8H,1-5H2;1H/t6-;/m1./s1. The first kappa shape index (κ1) is 9.21. The lowest BCUT2D eigenvalue weighted by atomic mass is 10.1. The van der Waals surface area contributed by atoms with Gasteiger partial charge in [0.15, 0.2) is 0 Å². The molecule has 1 aliphatic heterocycles. The molecule has 0 aromatic heterocycles. The van der Waals surface area contributed by atoms with Gasteiger partial charge in [0.1, 0.15) is 0 Å². The van der Waals surface area contributed by atoms with E-state index in [2.05, 4.69) is 5.32 Å². The van der Waals surface area contributed by atoms with Crippen LogP contribution in [0.4, 0.5) is 0 Å². The predicted molar refractivity (Wildman–Crippen MR) is 39.9 cm³/mol. The molecule has 2 nitrogen and oxygen atoms in total. The van der Waals surface area contributed by atoms with Gasteiger partial charge < -0.3 is 10.4 Å². The molecule has 0 aliphatic carbocycles. The van der Waals surface area contributed by atoms with Crippen LogP contribution in [0.5, 0.6) is 0 Å². The molecular weight excluding hydrogens is 138 g/mol. The first-order chi connectivity index (χ1) is 3.93. The second kappa shape index (κ2) is 5.03. The Morgan fingerprint density at radius 2 is 2.33 bits per heavy atom. The number of hydrogen-bond donors (Lipinski definition) is 2. The van der Waals surface area contributed by atoms with Crippen molar-refractivity contribution in [3.05, 3.63) is 0 Å². The van der Waals surface area contributed by atoms with Crippen molar-refractivity contribution >= 4 is 12.4 Å². The normalized spacial score (nSPS) is 25.7. The molecule has 56 valence electrons. The van der Waals surface area contributed by atoms with Crippen molar-refractivity contribution < 1.29 is 5.11 Å². The Kier molecular flexibility index (Phi) is 5.15. The van der Waals surface area contributed by atoms with E-state index in [4.69, 9.17) is 5.11 Å². The Morgan fingerprint density at radius 1 is 1.56 bits per heavy atom. The third-order valence-corrected chi connectivity index (χ3v) is 1.70. The van der Waals surface area contributed by atoms with Crippen LogP contribution in [-0.2, 0) is 0 Å². The summed E-state index contributed by atoms with van der Waals surface area (Å²) in [5.41, 5.74) is 0. The molecule has 0 amide bonds. The molecule has 1 rings (SSSR count). The van der Waals surface area contributed by atoms with Crippen molar-refractivity contribution in [2.45, 2.75) is 12.8 Å². The van der Waals surface area contributed by atoms with Gasteiger partial charge in [0.2, 0.25) is 0 Å². The molecule has 3 heteroatoms. The van der Waals surface area contributed by atoms with Crippen LogP contribution in [-0.4, -0.2) is 24.8 Å². The largest absolute Gasteiger partial charge is 0.396 e. The van der Waals surface area contributed by atoms with Crippen molar-refractivity contribution in [3.8, 4) is 0 Å². The number of rotatable bonds is 2. The zero-order valence-corrected chi connectivity index (χ0v) is 6.28. The average molecular weight is 152 g/mol. The average Bonchev–Trinajstić information content (AvgIpc) is 2.19. The van der Waals surface area contributed by atoms with E-state index in [0.29, 0.717) is 6.61 Å². The van der Waals surface area contributed by atoms with Gasteiger partial charge in [-0.05, 0) is 31.8 Å². The van der Waals surface area contributed by atoms with Crippen LogP contribution < -0.4 is 5.32 Å². The zero-order chi connectivity index (χ0) is 5.82. The van der Waals surface area contributed by atoms with E-state index in [0.717, 1.165) is 25.4 Å². The summed E-state index contributed by atoms with van der Waals surface area (Å²) in [7, 11) is 0. The molecule has 2 N–H and O–H groups in total. The highest BCUT2D eigenvalue weighted by Gasteiger charge is 2.12. The number of aliphatic hydroxyl groups is 1. The van der Waals surface area contributed by atoms with Gasteiger partial charge >= 0.3 is 0 Å². The van der Waals surface area contributed by atoms with E-state index in [1.807, 2.05) is 0 Å². The molecule has 0 spiro atoms. The molecule has 0 aromatic carbocycles. The highest BCUT2D eigenvalue weighted by Crippen LogP contribution is 2.10.